The van der Waals surface area contributed by atoms with E-state index in [0.717, 1.165) is 11.1 Å². The van der Waals surface area contributed by atoms with Gasteiger partial charge in [-0.05, 0) is 25.1 Å². The molecule has 0 saturated carbocycles. The van der Waals surface area contributed by atoms with Crippen molar-refractivity contribution < 1.29 is 9.59 Å². The molecule has 2 rings (SSSR count). The zero-order chi connectivity index (χ0) is 16.8. The average Bonchev–Trinajstić information content (AvgIpc) is 2.56. The Hall–Kier alpha value is -1.88. The molecule has 126 valence electrons. The molecule has 1 fully saturated rings. The molecular weight excluding hydrogens is 290 g/mol. The summed E-state index contributed by atoms with van der Waals surface area (Å²) in [5, 5.41) is 3.04. The van der Waals surface area contributed by atoms with E-state index in [1.807, 2.05) is 55.0 Å². The van der Waals surface area contributed by atoms with Gasteiger partial charge in [0.25, 0.3) is 0 Å². The zero-order valence-electron chi connectivity index (χ0n) is 14.3. The van der Waals surface area contributed by atoms with E-state index in [4.69, 9.17) is 0 Å². The maximum atomic E-state index is 12.4. The van der Waals surface area contributed by atoms with Crippen molar-refractivity contribution >= 4 is 11.8 Å². The number of hydrogen-bond acceptors (Lipinski definition) is 3. The van der Waals surface area contributed by atoms with Crippen molar-refractivity contribution in [3.63, 3.8) is 0 Å². The van der Waals surface area contributed by atoms with Gasteiger partial charge >= 0.3 is 0 Å². The summed E-state index contributed by atoms with van der Waals surface area (Å²) in [5.74, 6) is 0.300. The number of nitrogens with one attached hydrogen (secondary N) is 1. The summed E-state index contributed by atoms with van der Waals surface area (Å²) in [5.41, 5.74) is 2.23. The smallest absolute Gasteiger partial charge is 0.227 e. The van der Waals surface area contributed by atoms with E-state index < -0.39 is 0 Å². The average molecular weight is 317 g/mol. The normalized spacial score (nSPS) is 16.3. The second-order valence-corrected chi connectivity index (χ2v) is 6.27. The number of rotatable bonds is 5. The van der Waals surface area contributed by atoms with Crippen molar-refractivity contribution in [2.75, 3.05) is 39.8 Å². The van der Waals surface area contributed by atoms with Gasteiger partial charge in [-0.2, -0.15) is 0 Å². The van der Waals surface area contributed by atoms with E-state index in [0.29, 0.717) is 39.1 Å². The predicted molar refractivity (Wildman–Crippen MR) is 91.1 cm³/mol. The third-order valence-electron chi connectivity index (χ3n) is 4.48. The summed E-state index contributed by atoms with van der Waals surface area (Å²) in [7, 11) is 1.85. The summed E-state index contributed by atoms with van der Waals surface area (Å²) in [6.07, 6.45) is 0.441. The van der Waals surface area contributed by atoms with Crippen LogP contribution in [-0.2, 0) is 16.0 Å². The highest BCUT2D eigenvalue weighted by atomic mass is 16.2. The fraction of sp³-hybridized carbons (Fsp3) is 0.556. The van der Waals surface area contributed by atoms with Gasteiger partial charge in [-0.25, -0.2) is 0 Å². The minimum atomic E-state index is -0.0192. The molecule has 1 N–H and O–H groups in total. The van der Waals surface area contributed by atoms with Gasteiger partial charge in [0.2, 0.25) is 11.8 Å². The Morgan fingerprint density at radius 1 is 1.13 bits per heavy atom. The van der Waals surface area contributed by atoms with Gasteiger partial charge in [-0.1, -0.05) is 31.2 Å². The molecule has 5 nitrogen and oxygen atoms in total. The van der Waals surface area contributed by atoms with Crippen LogP contribution in [-0.4, -0.2) is 61.4 Å². The van der Waals surface area contributed by atoms with Crippen molar-refractivity contribution in [3.05, 3.63) is 35.4 Å². The molecule has 1 unspecified atom stereocenters. The topological polar surface area (TPSA) is 52.7 Å². The number of benzene rings is 1. The molecule has 5 heteroatoms. The molecule has 0 spiro atoms. The molecule has 1 aliphatic heterocycles. The zero-order valence-corrected chi connectivity index (χ0v) is 14.3. The molecule has 0 bridgehead atoms. The molecule has 1 aliphatic rings. The van der Waals surface area contributed by atoms with Crippen LogP contribution in [0, 0.1) is 12.8 Å². The van der Waals surface area contributed by atoms with Crippen molar-refractivity contribution in [1.82, 2.24) is 15.1 Å². The number of aryl methyl sites for hydroxylation is 1. The molecule has 2 amide bonds. The molecule has 0 aromatic heterocycles. The molecule has 23 heavy (non-hydrogen) atoms. The van der Waals surface area contributed by atoms with Crippen LogP contribution in [0.1, 0.15) is 18.1 Å². The summed E-state index contributed by atoms with van der Waals surface area (Å²) in [6.45, 7) is 7.17. The first-order valence-electron chi connectivity index (χ1n) is 8.28. The lowest BCUT2D eigenvalue weighted by Gasteiger charge is -2.36. The Morgan fingerprint density at radius 2 is 1.74 bits per heavy atom. The maximum absolute atomic E-state index is 12.4. The van der Waals surface area contributed by atoms with E-state index in [1.165, 1.54) is 0 Å². The fourth-order valence-electron chi connectivity index (χ4n) is 2.96. The minimum absolute atomic E-state index is 0.0192. The van der Waals surface area contributed by atoms with Crippen LogP contribution in [0.25, 0.3) is 0 Å². The highest BCUT2D eigenvalue weighted by molar-refractivity contribution is 5.81. The summed E-state index contributed by atoms with van der Waals surface area (Å²) < 4.78 is 0. The first-order chi connectivity index (χ1) is 11.0. The summed E-state index contributed by atoms with van der Waals surface area (Å²) >= 11 is 0. The first-order valence-corrected chi connectivity index (χ1v) is 8.28. The van der Waals surface area contributed by atoms with Gasteiger partial charge in [0.05, 0.1) is 6.42 Å². The Kier molecular flexibility index (Phi) is 6.16. The number of amides is 2. The van der Waals surface area contributed by atoms with Crippen molar-refractivity contribution in [3.8, 4) is 0 Å². The van der Waals surface area contributed by atoms with Crippen LogP contribution in [0.3, 0.4) is 0 Å². The van der Waals surface area contributed by atoms with E-state index in [9.17, 15) is 9.59 Å². The first kappa shape index (κ1) is 17.5. The molecule has 1 heterocycles. The third-order valence-corrected chi connectivity index (χ3v) is 4.48. The molecule has 0 radical (unpaired) electrons. The minimum Gasteiger partial charge on any atom is -0.339 e. The Bertz CT molecular complexity index is 551. The van der Waals surface area contributed by atoms with Crippen molar-refractivity contribution in [1.29, 1.82) is 0 Å². The molecular formula is C18H27N3O2. The number of piperazine rings is 1. The Morgan fingerprint density at radius 3 is 2.35 bits per heavy atom. The van der Waals surface area contributed by atoms with Crippen LogP contribution in [0.5, 0.6) is 0 Å². The Balaban J connectivity index is 1.85. The quantitative estimate of drug-likeness (QED) is 0.884. The lowest BCUT2D eigenvalue weighted by Crippen LogP contribution is -2.52. The fourth-order valence-corrected chi connectivity index (χ4v) is 2.96. The van der Waals surface area contributed by atoms with E-state index >= 15 is 0 Å². The highest BCUT2D eigenvalue weighted by Crippen LogP contribution is 2.12. The van der Waals surface area contributed by atoms with Gasteiger partial charge in [-0.15, -0.1) is 0 Å². The van der Waals surface area contributed by atoms with Gasteiger partial charge in [0.15, 0.2) is 0 Å². The van der Waals surface area contributed by atoms with Gasteiger partial charge in [0, 0.05) is 38.6 Å². The molecule has 0 aliphatic carbocycles. The van der Waals surface area contributed by atoms with Gasteiger partial charge < -0.3 is 15.1 Å². The molecule has 1 saturated heterocycles. The molecule has 1 atom stereocenters. The molecule has 1 aromatic carbocycles. The van der Waals surface area contributed by atoms with Crippen LogP contribution in [0.2, 0.25) is 0 Å². The van der Waals surface area contributed by atoms with E-state index in [1.54, 1.807) is 0 Å². The number of carbonyl (C=O) groups excluding carboxylic acids is 2. The van der Waals surface area contributed by atoms with Crippen LogP contribution >= 0.6 is 0 Å². The Labute approximate surface area is 138 Å². The largest absolute Gasteiger partial charge is 0.339 e. The standard InChI is InChI=1S/C18H27N3O2/c1-14-6-4-5-7-16(14)12-17(22)20-8-10-21(11-9-20)18(23)15(2)13-19-3/h4-7,15,19H,8-13H2,1-3H3. The second-order valence-electron chi connectivity index (χ2n) is 6.27. The van der Waals surface area contributed by atoms with Crippen LogP contribution in [0.4, 0.5) is 0 Å². The lowest BCUT2D eigenvalue weighted by molar-refractivity contribution is -0.141. The van der Waals surface area contributed by atoms with E-state index in [2.05, 4.69) is 5.32 Å². The summed E-state index contributed by atoms with van der Waals surface area (Å²) in [4.78, 5) is 28.5. The van der Waals surface area contributed by atoms with Crippen molar-refractivity contribution in [2.24, 2.45) is 5.92 Å². The van der Waals surface area contributed by atoms with Gasteiger partial charge in [-0.3, -0.25) is 9.59 Å². The number of carbonyl (C=O) groups is 2. The van der Waals surface area contributed by atoms with Crippen LogP contribution in [0.15, 0.2) is 24.3 Å². The monoisotopic (exact) mass is 317 g/mol. The van der Waals surface area contributed by atoms with E-state index in [-0.39, 0.29) is 17.7 Å². The number of hydrogen-bond donors (Lipinski definition) is 1. The third kappa shape index (κ3) is 4.55. The number of nitrogens with zero attached hydrogens (tertiary/aromatic N) is 2. The summed E-state index contributed by atoms with van der Waals surface area (Å²) in [6, 6.07) is 7.99. The SMILES string of the molecule is CNCC(C)C(=O)N1CCN(C(=O)Cc2ccccc2C)CC1. The van der Waals surface area contributed by atoms with Gasteiger partial charge in [0.1, 0.15) is 0 Å². The maximum Gasteiger partial charge on any atom is 0.227 e. The highest BCUT2D eigenvalue weighted by Gasteiger charge is 2.26. The predicted octanol–water partition coefficient (Wildman–Crippen LogP) is 1.06. The van der Waals surface area contributed by atoms with Crippen LogP contribution < -0.4 is 5.32 Å². The second kappa shape index (κ2) is 8.11. The molecule has 1 aromatic rings. The lowest BCUT2D eigenvalue weighted by atomic mass is 10.0. The van der Waals surface area contributed by atoms with Crippen molar-refractivity contribution in [2.45, 2.75) is 20.3 Å².